The Kier molecular flexibility index (Phi) is 2.09. The summed E-state index contributed by atoms with van der Waals surface area (Å²) in [6.07, 6.45) is -1.92. The fourth-order valence-electron chi connectivity index (χ4n) is 1.31. The Labute approximate surface area is 82.8 Å². The monoisotopic (exact) mass is 216 g/mol. The van der Waals surface area contributed by atoms with Crippen LogP contribution in [0.2, 0.25) is 0 Å². The summed E-state index contributed by atoms with van der Waals surface area (Å²) < 4.78 is 37.4. The highest BCUT2D eigenvalue weighted by atomic mass is 19.4. The summed E-state index contributed by atoms with van der Waals surface area (Å²) in [4.78, 5) is 11.5. The minimum Gasteiger partial charge on any atom is -0.306 e. The first kappa shape index (κ1) is 9.88. The number of halogens is 3. The Morgan fingerprint density at radius 3 is 2.67 bits per heavy atom. The fraction of sp³-hybridized carbons (Fsp3) is 0.375. The Hall–Kier alpha value is -1.66. The van der Waals surface area contributed by atoms with E-state index >= 15 is 0 Å². The average Bonchev–Trinajstić information content (AvgIpc) is 2.48. The van der Waals surface area contributed by atoms with Gasteiger partial charge in [-0.1, -0.05) is 0 Å². The molecule has 0 aliphatic carbocycles. The third kappa shape index (κ3) is 1.90. The minimum absolute atomic E-state index is 0.208. The van der Waals surface area contributed by atoms with E-state index in [4.69, 9.17) is 0 Å². The number of imidazole rings is 1. The normalized spacial score (nSPS) is 12.3. The average molecular weight is 216 g/mol. The van der Waals surface area contributed by atoms with Crippen LogP contribution >= 0.6 is 0 Å². The summed E-state index contributed by atoms with van der Waals surface area (Å²) in [5, 5.41) is 0. The van der Waals surface area contributed by atoms with Crippen LogP contribution in [-0.4, -0.2) is 25.7 Å². The van der Waals surface area contributed by atoms with Gasteiger partial charge >= 0.3 is 6.18 Å². The van der Waals surface area contributed by atoms with Gasteiger partial charge in [-0.25, -0.2) is 15.0 Å². The smallest absolute Gasteiger partial charge is 0.306 e. The summed E-state index contributed by atoms with van der Waals surface area (Å²) >= 11 is 0. The molecule has 80 valence electrons. The number of hydrogen-bond acceptors (Lipinski definition) is 3. The van der Waals surface area contributed by atoms with Crippen molar-refractivity contribution in [2.24, 2.45) is 0 Å². The van der Waals surface area contributed by atoms with Crippen LogP contribution in [0, 0.1) is 6.92 Å². The molecule has 0 radical (unpaired) electrons. The zero-order valence-corrected chi connectivity index (χ0v) is 7.78. The molecule has 0 bridgehead atoms. The molecule has 2 aromatic rings. The van der Waals surface area contributed by atoms with Gasteiger partial charge in [0.25, 0.3) is 0 Å². The second kappa shape index (κ2) is 3.18. The summed E-state index contributed by atoms with van der Waals surface area (Å²) in [5.41, 5.74) is 1.18. The highest BCUT2D eigenvalue weighted by Crippen LogP contribution is 2.20. The van der Waals surface area contributed by atoms with Crippen LogP contribution in [-0.2, 0) is 6.54 Å². The standard InChI is InChI=1S/C8H7F3N4/c1-5-6-7(13-3-12-5)15(4-14-6)2-8(9,10)11/h3-4H,2H2,1H3. The van der Waals surface area contributed by atoms with Crippen LogP contribution in [0.5, 0.6) is 0 Å². The number of aryl methyl sites for hydroxylation is 1. The maximum Gasteiger partial charge on any atom is 0.406 e. The zero-order valence-electron chi connectivity index (χ0n) is 7.78. The van der Waals surface area contributed by atoms with E-state index in [-0.39, 0.29) is 5.65 Å². The van der Waals surface area contributed by atoms with Crippen LogP contribution in [0.25, 0.3) is 11.2 Å². The van der Waals surface area contributed by atoms with E-state index in [1.54, 1.807) is 6.92 Å². The van der Waals surface area contributed by atoms with Crippen molar-refractivity contribution < 1.29 is 13.2 Å². The van der Waals surface area contributed by atoms with Crippen LogP contribution in [0.3, 0.4) is 0 Å². The van der Waals surface area contributed by atoms with Crippen molar-refractivity contribution in [2.75, 3.05) is 0 Å². The molecular weight excluding hydrogens is 209 g/mol. The fourth-order valence-corrected chi connectivity index (χ4v) is 1.31. The largest absolute Gasteiger partial charge is 0.406 e. The van der Waals surface area contributed by atoms with Gasteiger partial charge in [0.15, 0.2) is 5.65 Å². The molecule has 0 atom stereocenters. The maximum atomic E-state index is 12.2. The molecule has 0 aliphatic heterocycles. The summed E-state index contributed by atoms with van der Waals surface area (Å²) in [6, 6.07) is 0. The van der Waals surface area contributed by atoms with E-state index in [9.17, 15) is 13.2 Å². The van der Waals surface area contributed by atoms with Gasteiger partial charge in [-0.15, -0.1) is 0 Å². The van der Waals surface area contributed by atoms with E-state index < -0.39 is 12.7 Å². The van der Waals surface area contributed by atoms with Crippen LogP contribution in [0.4, 0.5) is 13.2 Å². The van der Waals surface area contributed by atoms with Crippen LogP contribution < -0.4 is 0 Å². The molecule has 0 unspecified atom stereocenters. The molecule has 2 aromatic heterocycles. The molecule has 0 N–H and O–H groups in total. The third-order valence-electron chi connectivity index (χ3n) is 1.93. The number of nitrogens with zero attached hydrogens (tertiary/aromatic N) is 4. The molecule has 0 saturated carbocycles. The van der Waals surface area contributed by atoms with Crippen molar-refractivity contribution in [3.8, 4) is 0 Å². The highest BCUT2D eigenvalue weighted by Gasteiger charge is 2.29. The topological polar surface area (TPSA) is 43.6 Å². The van der Waals surface area contributed by atoms with Crippen molar-refractivity contribution in [1.29, 1.82) is 0 Å². The Balaban J connectivity index is 2.50. The van der Waals surface area contributed by atoms with Gasteiger partial charge in [-0.05, 0) is 6.92 Å². The Bertz CT molecular complexity index is 488. The Morgan fingerprint density at radius 2 is 2.00 bits per heavy atom. The quantitative estimate of drug-likeness (QED) is 0.728. The molecule has 0 fully saturated rings. The first-order valence-corrected chi connectivity index (χ1v) is 4.16. The Morgan fingerprint density at radius 1 is 1.27 bits per heavy atom. The molecule has 0 amide bonds. The lowest BCUT2D eigenvalue weighted by molar-refractivity contribution is -0.140. The van der Waals surface area contributed by atoms with E-state index in [0.717, 1.165) is 10.9 Å². The summed E-state index contributed by atoms with van der Waals surface area (Å²) in [7, 11) is 0. The molecule has 0 aliphatic rings. The van der Waals surface area contributed by atoms with E-state index in [2.05, 4.69) is 15.0 Å². The molecule has 0 saturated heterocycles. The van der Waals surface area contributed by atoms with Gasteiger partial charge in [-0.3, -0.25) is 0 Å². The second-order valence-corrected chi connectivity index (χ2v) is 3.12. The van der Waals surface area contributed by atoms with Gasteiger partial charge in [-0.2, -0.15) is 13.2 Å². The van der Waals surface area contributed by atoms with Crippen LogP contribution in [0.1, 0.15) is 5.69 Å². The van der Waals surface area contributed by atoms with Crippen molar-refractivity contribution in [3.63, 3.8) is 0 Å². The number of rotatable bonds is 1. The van der Waals surface area contributed by atoms with Crippen LogP contribution in [0.15, 0.2) is 12.7 Å². The highest BCUT2D eigenvalue weighted by molar-refractivity contribution is 5.72. The molecular formula is C8H7F3N4. The van der Waals surface area contributed by atoms with Gasteiger partial charge in [0, 0.05) is 0 Å². The lowest BCUT2D eigenvalue weighted by Gasteiger charge is -2.06. The molecule has 0 spiro atoms. The van der Waals surface area contributed by atoms with Gasteiger partial charge in [0.1, 0.15) is 18.4 Å². The number of fused-ring (bicyclic) bond motifs is 1. The summed E-state index contributed by atoms with van der Waals surface area (Å²) in [6.45, 7) is 0.592. The van der Waals surface area contributed by atoms with Crippen molar-refractivity contribution in [3.05, 3.63) is 18.3 Å². The lowest BCUT2D eigenvalue weighted by atomic mass is 10.4. The molecule has 0 aromatic carbocycles. The SMILES string of the molecule is Cc1ncnc2c1ncn2CC(F)(F)F. The van der Waals surface area contributed by atoms with Crippen molar-refractivity contribution in [1.82, 2.24) is 19.5 Å². The minimum atomic E-state index is -4.27. The third-order valence-corrected chi connectivity index (χ3v) is 1.93. The molecule has 2 heterocycles. The van der Waals surface area contributed by atoms with Gasteiger partial charge in [0.2, 0.25) is 0 Å². The molecule has 4 nitrogen and oxygen atoms in total. The molecule has 2 rings (SSSR count). The number of alkyl halides is 3. The zero-order chi connectivity index (χ0) is 11.1. The van der Waals surface area contributed by atoms with E-state index in [0.29, 0.717) is 11.2 Å². The predicted molar refractivity (Wildman–Crippen MR) is 46.1 cm³/mol. The number of aromatic nitrogens is 4. The van der Waals surface area contributed by atoms with Gasteiger partial charge in [0.05, 0.1) is 12.0 Å². The molecule has 7 heteroatoms. The van der Waals surface area contributed by atoms with Gasteiger partial charge < -0.3 is 4.57 Å². The number of hydrogen-bond donors (Lipinski definition) is 0. The second-order valence-electron chi connectivity index (χ2n) is 3.12. The van der Waals surface area contributed by atoms with Crippen molar-refractivity contribution in [2.45, 2.75) is 19.6 Å². The lowest BCUT2D eigenvalue weighted by Crippen LogP contribution is -2.17. The first-order chi connectivity index (χ1) is 6.97. The van der Waals surface area contributed by atoms with E-state index in [1.165, 1.54) is 6.33 Å². The molecule has 15 heavy (non-hydrogen) atoms. The van der Waals surface area contributed by atoms with E-state index in [1.807, 2.05) is 0 Å². The van der Waals surface area contributed by atoms with Crippen molar-refractivity contribution >= 4 is 11.2 Å². The summed E-state index contributed by atoms with van der Waals surface area (Å²) in [5.74, 6) is 0. The first-order valence-electron chi connectivity index (χ1n) is 4.16. The predicted octanol–water partition coefficient (Wildman–Crippen LogP) is 1.70. The maximum absolute atomic E-state index is 12.2.